The number of amides is 1. The topological polar surface area (TPSA) is 59.3 Å². The van der Waals surface area contributed by atoms with E-state index in [9.17, 15) is 4.79 Å². The van der Waals surface area contributed by atoms with Crippen LogP contribution < -0.4 is 5.32 Å². The summed E-state index contributed by atoms with van der Waals surface area (Å²) >= 11 is 3.52. The molecule has 1 fully saturated rings. The second kappa shape index (κ2) is 6.26. The summed E-state index contributed by atoms with van der Waals surface area (Å²) < 4.78 is 2.84. The Hall–Kier alpha value is -2.21. The molecule has 1 N–H and O–H groups in total. The minimum atomic E-state index is -0.0801. The van der Waals surface area contributed by atoms with Crippen LogP contribution in [-0.4, -0.2) is 26.5 Å². The summed E-state index contributed by atoms with van der Waals surface area (Å²) in [4.78, 5) is 17.1. The van der Waals surface area contributed by atoms with Gasteiger partial charge in [-0.3, -0.25) is 4.79 Å². The molecule has 2 aromatic heterocycles. The van der Waals surface area contributed by atoms with Crippen LogP contribution in [0.1, 0.15) is 45.7 Å². The number of aromatic nitrogens is 3. The molecule has 5 nitrogen and oxygen atoms in total. The van der Waals surface area contributed by atoms with Gasteiger partial charge < -0.3 is 5.32 Å². The Morgan fingerprint density at radius 2 is 2.16 bits per heavy atom. The largest absolute Gasteiger partial charge is 0.349 e. The normalized spacial score (nSPS) is 14.0. The average Bonchev–Trinajstić information content (AvgIpc) is 3.28. The van der Waals surface area contributed by atoms with Gasteiger partial charge in [-0.25, -0.2) is 9.50 Å². The van der Waals surface area contributed by atoms with Crippen molar-refractivity contribution in [3.8, 4) is 0 Å². The van der Waals surface area contributed by atoms with Crippen molar-refractivity contribution in [2.45, 2.75) is 39.2 Å². The smallest absolute Gasteiger partial charge is 0.256 e. The van der Waals surface area contributed by atoms with E-state index in [0.717, 1.165) is 40.7 Å². The van der Waals surface area contributed by atoms with Gasteiger partial charge in [-0.15, -0.1) is 0 Å². The molecule has 1 aromatic carbocycles. The Labute approximate surface area is 154 Å². The lowest BCUT2D eigenvalue weighted by molar-refractivity contribution is 0.0952. The van der Waals surface area contributed by atoms with Crippen LogP contribution in [-0.2, 0) is 6.42 Å². The second-order valence-corrected chi connectivity index (χ2v) is 7.52. The van der Waals surface area contributed by atoms with E-state index in [1.807, 2.05) is 26.0 Å². The fourth-order valence-corrected chi connectivity index (χ4v) is 3.52. The highest BCUT2D eigenvalue weighted by Crippen LogP contribution is 2.23. The maximum absolute atomic E-state index is 12.4. The van der Waals surface area contributed by atoms with E-state index in [2.05, 4.69) is 38.5 Å². The van der Waals surface area contributed by atoms with Crippen LogP contribution >= 0.6 is 15.9 Å². The number of carbonyl (C=O) groups is 1. The Morgan fingerprint density at radius 1 is 1.36 bits per heavy atom. The molecule has 1 aliphatic carbocycles. The van der Waals surface area contributed by atoms with E-state index >= 15 is 0 Å². The third-order valence-corrected chi connectivity index (χ3v) is 5.13. The van der Waals surface area contributed by atoms with Crippen molar-refractivity contribution in [3.63, 3.8) is 0 Å². The minimum Gasteiger partial charge on any atom is -0.349 e. The van der Waals surface area contributed by atoms with E-state index in [-0.39, 0.29) is 5.91 Å². The van der Waals surface area contributed by atoms with Crippen molar-refractivity contribution in [3.05, 3.63) is 63.0 Å². The maximum Gasteiger partial charge on any atom is 0.256 e. The average molecular weight is 399 g/mol. The van der Waals surface area contributed by atoms with Gasteiger partial charge in [-0.05, 0) is 49.9 Å². The Morgan fingerprint density at radius 3 is 2.88 bits per heavy atom. The first-order valence-corrected chi connectivity index (χ1v) is 9.21. The van der Waals surface area contributed by atoms with Crippen LogP contribution in [0.5, 0.6) is 0 Å². The van der Waals surface area contributed by atoms with Gasteiger partial charge in [0, 0.05) is 28.3 Å². The highest BCUT2D eigenvalue weighted by molar-refractivity contribution is 9.10. The molecular weight excluding hydrogens is 380 g/mol. The van der Waals surface area contributed by atoms with Crippen LogP contribution in [0.3, 0.4) is 0 Å². The highest BCUT2D eigenvalue weighted by atomic mass is 79.9. The van der Waals surface area contributed by atoms with Crippen LogP contribution in [0.2, 0.25) is 0 Å². The zero-order valence-corrected chi connectivity index (χ0v) is 15.8. The number of carbonyl (C=O) groups excluding carboxylic acids is 1. The fraction of sp³-hybridized carbons (Fsp3) is 0.316. The number of benzene rings is 1. The van der Waals surface area contributed by atoms with Crippen molar-refractivity contribution >= 4 is 27.5 Å². The van der Waals surface area contributed by atoms with Gasteiger partial charge in [0.05, 0.1) is 6.20 Å². The van der Waals surface area contributed by atoms with Crippen molar-refractivity contribution in [2.24, 2.45) is 0 Å². The first-order chi connectivity index (χ1) is 12.0. The van der Waals surface area contributed by atoms with Crippen molar-refractivity contribution in [2.75, 3.05) is 0 Å². The lowest BCUT2D eigenvalue weighted by Gasteiger charge is -2.12. The van der Waals surface area contributed by atoms with Gasteiger partial charge in [-0.1, -0.05) is 28.1 Å². The molecule has 128 valence electrons. The van der Waals surface area contributed by atoms with Gasteiger partial charge in [0.15, 0.2) is 5.65 Å². The lowest BCUT2D eigenvalue weighted by atomic mass is 10.0. The molecule has 0 saturated heterocycles. The van der Waals surface area contributed by atoms with Crippen LogP contribution in [0, 0.1) is 13.8 Å². The summed E-state index contributed by atoms with van der Waals surface area (Å²) in [6.07, 6.45) is 4.53. The van der Waals surface area contributed by atoms with E-state index in [4.69, 9.17) is 4.98 Å². The Kier molecular flexibility index (Phi) is 4.07. The number of rotatable bonds is 4. The van der Waals surface area contributed by atoms with Crippen LogP contribution in [0.4, 0.5) is 0 Å². The van der Waals surface area contributed by atoms with Gasteiger partial charge in [0.25, 0.3) is 5.91 Å². The van der Waals surface area contributed by atoms with Gasteiger partial charge in [0.1, 0.15) is 5.56 Å². The summed E-state index contributed by atoms with van der Waals surface area (Å²) in [5.74, 6) is -0.0801. The third kappa shape index (κ3) is 3.18. The maximum atomic E-state index is 12.4. The third-order valence-electron chi connectivity index (χ3n) is 4.64. The number of aryl methyl sites for hydroxylation is 2. The van der Waals surface area contributed by atoms with Crippen molar-refractivity contribution in [1.82, 2.24) is 19.9 Å². The van der Waals surface area contributed by atoms with Gasteiger partial charge >= 0.3 is 0 Å². The molecule has 0 unspecified atom stereocenters. The zero-order chi connectivity index (χ0) is 17.6. The summed E-state index contributed by atoms with van der Waals surface area (Å²) in [5, 5.41) is 7.42. The Bertz CT molecular complexity index is 975. The molecule has 0 bridgehead atoms. The standard InChI is InChI=1S/C19H19BrN4O/c1-11-16(9-13-4-3-5-14(20)8-13)12(2)24-18(22-11)17(10-21-24)19(25)23-15-6-7-15/h3-5,8,10,15H,6-7,9H2,1-2H3,(H,23,25). The highest BCUT2D eigenvalue weighted by Gasteiger charge is 2.26. The molecule has 4 rings (SSSR count). The molecular formula is C19H19BrN4O. The summed E-state index contributed by atoms with van der Waals surface area (Å²) in [6, 6.07) is 8.58. The van der Waals surface area contributed by atoms with Crippen molar-refractivity contribution < 1.29 is 4.79 Å². The van der Waals surface area contributed by atoms with Gasteiger partial charge in [0.2, 0.25) is 0 Å². The van der Waals surface area contributed by atoms with Crippen molar-refractivity contribution in [1.29, 1.82) is 0 Å². The summed E-state index contributed by atoms with van der Waals surface area (Å²) in [6.45, 7) is 4.03. The predicted octanol–water partition coefficient (Wildman–Crippen LogP) is 3.59. The molecule has 25 heavy (non-hydrogen) atoms. The first-order valence-electron chi connectivity index (χ1n) is 8.42. The van der Waals surface area contributed by atoms with Crippen LogP contribution in [0.25, 0.3) is 5.65 Å². The molecule has 0 aliphatic heterocycles. The molecule has 1 saturated carbocycles. The number of fused-ring (bicyclic) bond motifs is 1. The van der Waals surface area contributed by atoms with E-state index in [1.165, 1.54) is 5.56 Å². The van der Waals surface area contributed by atoms with E-state index in [0.29, 0.717) is 17.3 Å². The molecule has 2 heterocycles. The molecule has 0 atom stereocenters. The molecule has 3 aromatic rings. The Balaban J connectivity index is 1.73. The number of halogens is 1. The second-order valence-electron chi connectivity index (χ2n) is 6.61. The van der Waals surface area contributed by atoms with E-state index in [1.54, 1.807) is 10.7 Å². The van der Waals surface area contributed by atoms with Crippen LogP contribution in [0.15, 0.2) is 34.9 Å². The predicted molar refractivity (Wildman–Crippen MR) is 99.9 cm³/mol. The molecule has 1 amide bonds. The molecule has 0 radical (unpaired) electrons. The number of nitrogens with one attached hydrogen (secondary N) is 1. The summed E-state index contributed by atoms with van der Waals surface area (Å²) in [7, 11) is 0. The molecule has 0 spiro atoms. The lowest BCUT2D eigenvalue weighted by Crippen LogP contribution is -2.25. The van der Waals surface area contributed by atoms with E-state index < -0.39 is 0 Å². The quantitative estimate of drug-likeness (QED) is 0.730. The molecule has 1 aliphatic rings. The number of hydrogen-bond donors (Lipinski definition) is 1. The monoisotopic (exact) mass is 398 g/mol. The first kappa shape index (κ1) is 16.3. The SMILES string of the molecule is Cc1nc2c(C(=O)NC3CC3)cnn2c(C)c1Cc1cccc(Br)c1. The summed E-state index contributed by atoms with van der Waals surface area (Å²) in [5.41, 5.74) is 5.49. The number of nitrogens with zero attached hydrogens (tertiary/aromatic N) is 3. The number of hydrogen-bond acceptors (Lipinski definition) is 3. The fourth-order valence-electron chi connectivity index (χ4n) is 3.07. The zero-order valence-electron chi connectivity index (χ0n) is 14.2. The minimum absolute atomic E-state index is 0.0801. The molecule has 6 heteroatoms. The van der Waals surface area contributed by atoms with Gasteiger partial charge in [-0.2, -0.15) is 5.10 Å².